The van der Waals surface area contributed by atoms with Crippen molar-refractivity contribution >= 4 is 0 Å². The van der Waals surface area contributed by atoms with Crippen LogP contribution in [-0.4, -0.2) is 0 Å². The van der Waals surface area contributed by atoms with Gasteiger partial charge in [0.15, 0.2) is 0 Å². The van der Waals surface area contributed by atoms with Gasteiger partial charge in [0.05, 0.1) is 17.7 Å². The Hall–Kier alpha value is -0.980. The average Bonchev–Trinajstić information content (AvgIpc) is 2.03. The van der Waals surface area contributed by atoms with E-state index in [0.29, 0.717) is 0 Å². The number of allylic oxidation sites excluding steroid dienone is 6. The first-order valence-corrected chi connectivity index (χ1v) is 4.51. The Labute approximate surface area is 79.8 Å². The number of halogens is 1. The molecule has 0 nitrogen and oxygen atoms in total. The quantitative estimate of drug-likeness (QED) is 0.493. The lowest BCUT2D eigenvalue weighted by atomic mass is 9.83. The maximum Gasteiger partial charge on any atom is 0.204 e. The van der Waals surface area contributed by atoms with Crippen molar-refractivity contribution < 1.29 is 4.39 Å². The normalized spacial score (nSPS) is 20.8. The van der Waals surface area contributed by atoms with E-state index in [4.69, 9.17) is 0 Å². The monoisotopic (exact) mass is 179 g/mol. The van der Waals surface area contributed by atoms with E-state index in [-0.39, 0.29) is 11.2 Å². The highest BCUT2D eigenvalue weighted by Crippen LogP contribution is 2.30. The zero-order valence-electron chi connectivity index (χ0n) is 8.69. The Bertz CT molecular complexity index is 285. The highest BCUT2D eigenvalue weighted by atomic mass is 19.1. The summed E-state index contributed by atoms with van der Waals surface area (Å²) in [6, 6.07) is 0. The molecule has 1 rings (SSSR count). The molecule has 0 saturated carbocycles. The van der Waals surface area contributed by atoms with Crippen LogP contribution in [0.15, 0.2) is 35.2 Å². The van der Waals surface area contributed by atoms with E-state index in [1.165, 1.54) is 17.7 Å². The molecule has 0 atom stereocenters. The molecule has 0 spiro atoms. The molecular formula is C12H16F+. The predicted octanol–water partition coefficient (Wildman–Crippen LogP) is 3.98. The van der Waals surface area contributed by atoms with E-state index in [2.05, 4.69) is 27.7 Å². The first-order valence-electron chi connectivity index (χ1n) is 4.51. The molecule has 0 aromatic heterocycles. The van der Waals surface area contributed by atoms with Gasteiger partial charge in [0.25, 0.3) is 0 Å². The maximum atomic E-state index is 12.6. The Morgan fingerprint density at radius 2 is 1.92 bits per heavy atom. The molecule has 0 unspecified atom stereocenters. The molecule has 1 aliphatic rings. The minimum absolute atomic E-state index is 0.151. The molecule has 0 aliphatic heterocycles. The molecule has 0 fully saturated rings. The van der Waals surface area contributed by atoms with Crippen LogP contribution in [0.5, 0.6) is 0 Å². The number of hydrogen-bond acceptors (Lipinski definition) is 0. The number of hydrogen-bond donors (Lipinski definition) is 0. The van der Waals surface area contributed by atoms with E-state index < -0.39 is 0 Å². The van der Waals surface area contributed by atoms with Gasteiger partial charge in [0.2, 0.25) is 5.83 Å². The van der Waals surface area contributed by atoms with Crippen LogP contribution in [0.3, 0.4) is 0 Å². The molecule has 0 N–H and O–H groups in total. The molecule has 13 heavy (non-hydrogen) atoms. The van der Waals surface area contributed by atoms with E-state index in [1.807, 2.05) is 12.5 Å². The molecular weight excluding hydrogens is 163 g/mol. The molecule has 70 valence electrons. The summed E-state index contributed by atoms with van der Waals surface area (Å²) in [5.74, 6) is -0.176. The zero-order valence-corrected chi connectivity index (χ0v) is 8.69. The first-order chi connectivity index (χ1) is 5.91. The molecule has 0 aromatic rings. The van der Waals surface area contributed by atoms with Crippen LogP contribution in [0.2, 0.25) is 0 Å². The van der Waals surface area contributed by atoms with E-state index in [9.17, 15) is 4.39 Å². The van der Waals surface area contributed by atoms with E-state index in [0.717, 1.165) is 5.57 Å². The molecule has 0 bridgehead atoms. The Balaban J connectivity index is 2.92. The summed E-state index contributed by atoms with van der Waals surface area (Å²) in [6.07, 6.45) is 6.67. The fourth-order valence-corrected chi connectivity index (χ4v) is 1.13. The van der Waals surface area contributed by atoms with Crippen LogP contribution in [0.1, 0.15) is 27.7 Å². The lowest BCUT2D eigenvalue weighted by Gasteiger charge is -2.18. The molecule has 1 aliphatic carbocycles. The lowest BCUT2D eigenvalue weighted by Crippen LogP contribution is -2.09. The maximum absolute atomic E-state index is 12.6. The largest absolute Gasteiger partial charge is 0.204 e. The second-order valence-corrected chi connectivity index (χ2v) is 4.38. The zero-order chi connectivity index (χ0) is 10.1. The van der Waals surface area contributed by atoms with Gasteiger partial charge in [0, 0.05) is 23.5 Å². The lowest BCUT2D eigenvalue weighted by molar-refractivity contribution is 0.500. The summed E-state index contributed by atoms with van der Waals surface area (Å²) in [4.78, 5) is 0. The molecule has 0 saturated heterocycles. The summed E-state index contributed by atoms with van der Waals surface area (Å²) < 4.78 is 12.6. The molecule has 0 aromatic carbocycles. The fourth-order valence-electron chi connectivity index (χ4n) is 1.13. The molecule has 0 heterocycles. The van der Waals surface area contributed by atoms with Crippen LogP contribution in [0.25, 0.3) is 0 Å². The van der Waals surface area contributed by atoms with Gasteiger partial charge in [-0.2, -0.15) is 0 Å². The highest BCUT2D eigenvalue weighted by molar-refractivity contribution is 5.44. The van der Waals surface area contributed by atoms with Gasteiger partial charge < -0.3 is 0 Å². The third-order valence-corrected chi connectivity index (χ3v) is 2.40. The van der Waals surface area contributed by atoms with Gasteiger partial charge in [-0.1, -0.05) is 0 Å². The molecule has 1 heteroatoms. The van der Waals surface area contributed by atoms with Gasteiger partial charge in [-0.3, -0.25) is 0 Å². The first kappa shape index (κ1) is 10.1. The second-order valence-electron chi connectivity index (χ2n) is 4.38. The second kappa shape index (κ2) is 3.41. The van der Waals surface area contributed by atoms with Crippen molar-refractivity contribution in [1.29, 1.82) is 0 Å². The van der Waals surface area contributed by atoms with Crippen LogP contribution in [0.4, 0.5) is 4.39 Å². The Kier molecular flexibility index (Phi) is 2.65. The van der Waals surface area contributed by atoms with Crippen molar-refractivity contribution in [3.63, 3.8) is 0 Å². The summed E-state index contributed by atoms with van der Waals surface area (Å²) in [7, 11) is 0. The van der Waals surface area contributed by atoms with Crippen LogP contribution in [-0.2, 0) is 0 Å². The topological polar surface area (TPSA) is 0 Å². The van der Waals surface area contributed by atoms with Crippen molar-refractivity contribution in [2.45, 2.75) is 27.7 Å². The Morgan fingerprint density at radius 1 is 1.31 bits per heavy atom. The Morgan fingerprint density at radius 3 is 2.31 bits per heavy atom. The van der Waals surface area contributed by atoms with Crippen LogP contribution < -0.4 is 0 Å². The standard InChI is InChI=1S/C12H16F/c1-9(12(2,3)4)10-5-7-11(13)8-6-10/h5-8H,1-4H3/q+1. The third-order valence-electron chi connectivity index (χ3n) is 2.40. The van der Waals surface area contributed by atoms with E-state index in [1.54, 1.807) is 0 Å². The minimum Gasteiger partial charge on any atom is -0.147 e. The summed E-state index contributed by atoms with van der Waals surface area (Å²) in [5.41, 5.74) is 2.55. The van der Waals surface area contributed by atoms with Gasteiger partial charge in [-0.25, -0.2) is 0 Å². The summed E-state index contributed by atoms with van der Waals surface area (Å²) in [6.45, 7) is 8.57. The number of rotatable bonds is 0. The highest BCUT2D eigenvalue weighted by Gasteiger charge is 2.22. The van der Waals surface area contributed by atoms with E-state index >= 15 is 0 Å². The van der Waals surface area contributed by atoms with Crippen molar-refractivity contribution in [1.82, 2.24) is 0 Å². The average molecular weight is 179 g/mol. The smallest absolute Gasteiger partial charge is 0.147 e. The van der Waals surface area contributed by atoms with Crippen LogP contribution >= 0.6 is 0 Å². The predicted molar refractivity (Wildman–Crippen MR) is 54.8 cm³/mol. The fraction of sp³-hybridized carbons (Fsp3) is 0.417. The SMILES string of the molecule is C/C(=C1/C=CC(F)=C[CH+]1)C(C)(C)C. The minimum atomic E-state index is -0.176. The third kappa shape index (κ3) is 2.48. The summed E-state index contributed by atoms with van der Waals surface area (Å²) in [5, 5.41) is 0. The van der Waals surface area contributed by atoms with Crippen molar-refractivity contribution in [3.8, 4) is 0 Å². The van der Waals surface area contributed by atoms with Crippen molar-refractivity contribution in [2.75, 3.05) is 0 Å². The molecule has 0 amide bonds. The molecule has 0 radical (unpaired) electrons. The van der Waals surface area contributed by atoms with Gasteiger partial charge in [-0.05, 0) is 27.7 Å². The van der Waals surface area contributed by atoms with Crippen molar-refractivity contribution in [3.05, 3.63) is 41.6 Å². The summed E-state index contributed by atoms with van der Waals surface area (Å²) >= 11 is 0. The van der Waals surface area contributed by atoms with Crippen molar-refractivity contribution in [2.24, 2.45) is 5.41 Å². The van der Waals surface area contributed by atoms with Gasteiger partial charge in [0.1, 0.15) is 0 Å². The van der Waals surface area contributed by atoms with Gasteiger partial charge >= 0.3 is 0 Å². The van der Waals surface area contributed by atoms with Gasteiger partial charge in [-0.15, -0.1) is 4.39 Å². The van der Waals surface area contributed by atoms with Crippen LogP contribution in [0, 0.1) is 11.8 Å².